The van der Waals surface area contributed by atoms with E-state index < -0.39 is 35.9 Å². The summed E-state index contributed by atoms with van der Waals surface area (Å²) in [6.45, 7) is 5.22. The van der Waals surface area contributed by atoms with Crippen molar-refractivity contribution in [3.05, 3.63) is 29.4 Å². The van der Waals surface area contributed by atoms with E-state index in [0.29, 0.717) is 43.6 Å². The molecule has 2 saturated heterocycles. The van der Waals surface area contributed by atoms with Gasteiger partial charge in [-0.25, -0.2) is 18.2 Å². The number of fused-ring (bicyclic) bond motifs is 1. The number of rotatable bonds is 5. The van der Waals surface area contributed by atoms with Gasteiger partial charge in [-0.3, -0.25) is 9.69 Å². The lowest BCUT2D eigenvalue weighted by molar-refractivity contribution is -0.118. The Morgan fingerprint density at radius 2 is 2.00 bits per heavy atom. The maximum atomic E-state index is 14.4. The second-order valence-electron chi connectivity index (χ2n) is 9.36. The minimum Gasteiger partial charge on any atom is -0.376 e. The smallest absolute Gasteiger partial charge is 0.242 e. The highest BCUT2D eigenvalue weighted by molar-refractivity contribution is 6.34. The molecule has 1 saturated carbocycles. The fourth-order valence-electron chi connectivity index (χ4n) is 4.86. The van der Waals surface area contributed by atoms with Crippen LogP contribution in [0.25, 0.3) is 10.8 Å². The average molecular weight is 483 g/mol. The van der Waals surface area contributed by atoms with Crippen LogP contribution in [0.1, 0.15) is 13.3 Å². The van der Waals surface area contributed by atoms with E-state index in [0.717, 1.165) is 16.5 Å². The minimum absolute atomic E-state index is 0.143. The Morgan fingerprint density at radius 3 is 2.64 bits per heavy atom. The first-order valence-electron chi connectivity index (χ1n) is 11.2. The van der Waals surface area contributed by atoms with Gasteiger partial charge in [-0.1, -0.05) is 11.6 Å². The number of piperazine rings is 1. The van der Waals surface area contributed by atoms with Gasteiger partial charge in [-0.15, -0.1) is 0 Å². The number of alkyl halides is 3. The normalized spacial score (nSPS) is 30.2. The van der Waals surface area contributed by atoms with Crippen LogP contribution in [0.5, 0.6) is 0 Å². The van der Waals surface area contributed by atoms with E-state index in [9.17, 15) is 18.0 Å². The zero-order valence-corrected chi connectivity index (χ0v) is 19.0. The van der Waals surface area contributed by atoms with Gasteiger partial charge in [0.15, 0.2) is 0 Å². The van der Waals surface area contributed by atoms with E-state index in [1.807, 2.05) is 19.1 Å². The third-order valence-electron chi connectivity index (χ3n) is 7.21. The maximum absolute atomic E-state index is 14.4. The monoisotopic (exact) mass is 482 g/mol. The summed E-state index contributed by atoms with van der Waals surface area (Å²) in [7, 11) is 0. The maximum Gasteiger partial charge on any atom is 0.242 e. The van der Waals surface area contributed by atoms with E-state index in [1.165, 1.54) is 0 Å². The third kappa shape index (κ3) is 4.26. The number of carbonyl (C=O) groups excluding carboxylic acids is 1. The van der Waals surface area contributed by atoms with Crippen molar-refractivity contribution >= 4 is 39.8 Å². The van der Waals surface area contributed by atoms with Crippen molar-refractivity contribution in [1.29, 1.82) is 0 Å². The van der Waals surface area contributed by atoms with E-state index in [2.05, 4.69) is 20.1 Å². The van der Waals surface area contributed by atoms with Crippen molar-refractivity contribution in [2.45, 2.75) is 31.5 Å². The number of carbonyl (C=O) groups is 1. The van der Waals surface area contributed by atoms with Gasteiger partial charge in [0.05, 0.1) is 29.5 Å². The molecule has 3 heterocycles. The first-order chi connectivity index (χ1) is 15.8. The van der Waals surface area contributed by atoms with Gasteiger partial charge < -0.3 is 15.0 Å². The molecule has 2 aliphatic heterocycles. The SMILES string of the molecule is C[C@@]1(N2CCN(c3cc4cc(NC(=O)[C@H]5C[C@@H]5C(F)F)ncc4cc3Cl)CC2)COC[C@@H]1F. The second-order valence-corrected chi connectivity index (χ2v) is 9.77. The topological polar surface area (TPSA) is 57.7 Å². The lowest BCUT2D eigenvalue weighted by Crippen LogP contribution is -2.59. The molecular formula is C23H26ClF3N4O2. The molecule has 33 heavy (non-hydrogen) atoms. The summed E-state index contributed by atoms with van der Waals surface area (Å²) >= 11 is 6.57. The highest BCUT2D eigenvalue weighted by Gasteiger charge is 2.49. The zero-order chi connectivity index (χ0) is 23.3. The molecule has 5 rings (SSSR count). The number of anilines is 2. The number of nitrogens with one attached hydrogen (secondary N) is 1. The fourth-order valence-corrected chi connectivity index (χ4v) is 5.16. The Kier molecular flexibility index (Phi) is 5.91. The molecule has 0 spiro atoms. The predicted octanol–water partition coefficient (Wildman–Crippen LogP) is 3.98. The van der Waals surface area contributed by atoms with Crippen molar-refractivity contribution in [1.82, 2.24) is 9.88 Å². The summed E-state index contributed by atoms with van der Waals surface area (Å²) in [6, 6.07) is 5.50. The summed E-state index contributed by atoms with van der Waals surface area (Å²) < 4.78 is 45.2. The number of amides is 1. The Morgan fingerprint density at radius 1 is 1.24 bits per heavy atom. The Balaban J connectivity index is 1.30. The van der Waals surface area contributed by atoms with Gasteiger partial charge in [-0.2, -0.15) is 0 Å². The van der Waals surface area contributed by atoms with E-state index in [4.69, 9.17) is 16.3 Å². The van der Waals surface area contributed by atoms with Crippen molar-refractivity contribution in [2.75, 3.05) is 49.6 Å². The summed E-state index contributed by atoms with van der Waals surface area (Å²) in [6.07, 6.45) is -1.66. The van der Waals surface area contributed by atoms with Gasteiger partial charge in [0.25, 0.3) is 0 Å². The van der Waals surface area contributed by atoms with Gasteiger partial charge >= 0.3 is 0 Å². The van der Waals surface area contributed by atoms with Crippen molar-refractivity contribution in [3.8, 4) is 0 Å². The minimum atomic E-state index is -2.48. The third-order valence-corrected chi connectivity index (χ3v) is 7.52. The number of benzene rings is 1. The highest BCUT2D eigenvalue weighted by atomic mass is 35.5. The quantitative estimate of drug-likeness (QED) is 0.698. The van der Waals surface area contributed by atoms with Crippen LogP contribution >= 0.6 is 11.6 Å². The van der Waals surface area contributed by atoms with Crippen LogP contribution in [0, 0.1) is 11.8 Å². The van der Waals surface area contributed by atoms with Crippen LogP contribution in [0.3, 0.4) is 0 Å². The number of aromatic nitrogens is 1. The molecule has 0 unspecified atom stereocenters. The number of ether oxygens (including phenoxy) is 1. The molecule has 2 aromatic rings. The zero-order valence-electron chi connectivity index (χ0n) is 18.2. The molecule has 10 heteroatoms. The van der Waals surface area contributed by atoms with Crippen LogP contribution in [-0.2, 0) is 9.53 Å². The van der Waals surface area contributed by atoms with Crippen molar-refractivity contribution in [3.63, 3.8) is 0 Å². The molecule has 1 N–H and O–H groups in total. The Hall–Kier alpha value is -2.10. The highest BCUT2D eigenvalue weighted by Crippen LogP contribution is 2.44. The molecule has 178 valence electrons. The second kappa shape index (κ2) is 8.60. The molecular weight excluding hydrogens is 457 g/mol. The molecule has 3 fully saturated rings. The molecule has 4 atom stereocenters. The molecule has 1 amide bonds. The molecule has 0 bridgehead atoms. The predicted molar refractivity (Wildman–Crippen MR) is 121 cm³/mol. The number of hydrogen-bond acceptors (Lipinski definition) is 5. The summed E-state index contributed by atoms with van der Waals surface area (Å²) in [5.74, 6) is -1.61. The first-order valence-corrected chi connectivity index (χ1v) is 11.5. The molecule has 1 aromatic heterocycles. The average Bonchev–Trinajstić information content (AvgIpc) is 3.54. The van der Waals surface area contributed by atoms with E-state index in [-0.39, 0.29) is 13.0 Å². The standard InChI is InChI=1S/C23H26ClF3N4O2/c1-23(12-33-11-19(23)25)31-4-2-30(3-5-31)18-7-13-8-20(28-10-14(13)6-17(18)24)29-22(32)16-9-15(16)21(26)27/h6-8,10,15-16,19,21H,2-5,9,11-12H2,1H3,(H,28,29,32)/t15-,16-,19-,23+/m0/s1. The Bertz CT molecular complexity index is 1070. The van der Waals surface area contributed by atoms with Crippen LogP contribution in [-0.4, -0.2) is 73.3 Å². The number of pyridine rings is 1. The van der Waals surface area contributed by atoms with Crippen LogP contribution in [0.15, 0.2) is 24.4 Å². The van der Waals surface area contributed by atoms with Gasteiger partial charge in [0, 0.05) is 49.6 Å². The lowest BCUT2D eigenvalue weighted by Gasteiger charge is -2.44. The van der Waals surface area contributed by atoms with Gasteiger partial charge in [0.2, 0.25) is 12.3 Å². The largest absolute Gasteiger partial charge is 0.376 e. The lowest BCUT2D eigenvalue weighted by atomic mass is 9.96. The number of nitrogens with zero attached hydrogens (tertiary/aromatic N) is 3. The molecule has 0 radical (unpaired) electrons. The number of hydrogen-bond donors (Lipinski definition) is 1. The van der Waals surface area contributed by atoms with Crippen LogP contribution < -0.4 is 10.2 Å². The van der Waals surface area contributed by atoms with E-state index >= 15 is 0 Å². The molecule has 1 aromatic carbocycles. The summed E-state index contributed by atoms with van der Waals surface area (Å²) in [5, 5.41) is 4.89. The van der Waals surface area contributed by atoms with Gasteiger partial charge in [-0.05, 0) is 36.9 Å². The van der Waals surface area contributed by atoms with Crippen LogP contribution in [0.2, 0.25) is 5.02 Å². The molecule has 3 aliphatic rings. The number of halogens is 4. The molecule has 6 nitrogen and oxygen atoms in total. The fraction of sp³-hybridized carbons (Fsp3) is 0.565. The summed E-state index contributed by atoms with van der Waals surface area (Å²) in [5.41, 5.74) is 0.264. The van der Waals surface area contributed by atoms with Crippen LogP contribution in [0.4, 0.5) is 24.7 Å². The van der Waals surface area contributed by atoms with E-state index in [1.54, 1.807) is 12.3 Å². The molecule has 1 aliphatic carbocycles. The first kappa shape index (κ1) is 22.7. The van der Waals surface area contributed by atoms with Crippen molar-refractivity contribution in [2.24, 2.45) is 11.8 Å². The van der Waals surface area contributed by atoms with Gasteiger partial charge in [0.1, 0.15) is 12.0 Å². The Labute approximate surface area is 195 Å². The summed E-state index contributed by atoms with van der Waals surface area (Å²) in [4.78, 5) is 20.8. The van der Waals surface area contributed by atoms with Crippen molar-refractivity contribution < 1.29 is 22.7 Å².